The summed E-state index contributed by atoms with van der Waals surface area (Å²) in [6.07, 6.45) is 8.98. The molecule has 4 nitrogen and oxygen atoms in total. The third kappa shape index (κ3) is 4.46. The summed E-state index contributed by atoms with van der Waals surface area (Å²) in [5, 5.41) is 3.45. The molecule has 0 atom stereocenters. The maximum Gasteiger partial charge on any atom is 0.132 e. The number of hydrogen-bond donors (Lipinski definition) is 1. The number of unbranched alkanes of at least 4 members (excludes halogenated alkanes) is 1. The quantitative estimate of drug-likeness (QED) is 0.768. The lowest BCUT2D eigenvalue weighted by atomic mass is 9.96. The first-order valence-electron chi connectivity index (χ1n) is 7.45. The highest BCUT2D eigenvalue weighted by Crippen LogP contribution is 2.24. The molecule has 1 aromatic heterocycles. The number of ether oxygens (including phenoxy) is 1. The second-order valence-corrected chi connectivity index (χ2v) is 5.41. The number of rotatable bonds is 7. The average Bonchev–Trinajstić information content (AvgIpc) is 2.42. The van der Waals surface area contributed by atoms with E-state index in [1.54, 1.807) is 6.33 Å². The molecule has 19 heavy (non-hydrogen) atoms. The van der Waals surface area contributed by atoms with E-state index >= 15 is 0 Å². The number of aromatic nitrogens is 2. The Kier molecular flexibility index (Phi) is 5.58. The molecule has 1 N–H and O–H groups in total. The van der Waals surface area contributed by atoms with Crippen LogP contribution in [-0.4, -0.2) is 29.2 Å². The van der Waals surface area contributed by atoms with Gasteiger partial charge in [-0.05, 0) is 52.4 Å². The first-order valence-corrected chi connectivity index (χ1v) is 7.45. The van der Waals surface area contributed by atoms with Crippen LogP contribution in [0.3, 0.4) is 0 Å². The molecule has 1 aromatic rings. The normalized spacial score (nSPS) is 14.5. The van der Waals surface area contributed by atoms with Crippen molar-refractivity contribution in [3.8, 4) is 0 Å². The van der Waals surface area contributed by atoms with E-state index in [0.29, 0.717) is 6.10 Å². The van der Waals surface area contributed by atoms with Crippen LogP contribution in [0.15, 0.2) is 6.33 Å². The van der Waals surface area contributed by atoms with Crippen LogP contribution >= 0.6 is 0 Å². The minimum absolute atomic E-state index is 0.335. The van der Waals surface area contributed by atoms with Gasteiger partial charge in [-0.25, -0.2) is 9.97 Å². The third-order valence-electron chi connectivity index (χ3n) is 3.44. The summed E-state index contributed by atoms with van der Waals surface area (Å²) < 4.78 is 5.53. The monoisotopic (exact) mass is 263 g/mol. The van der Waals surface area contributed by atoms with Crippen LogP contribution in [0.25, 0.3) is 0 Å². The summed E-state index contributed by atoms with van der Waals surface area (Å²) >= 11 is 0. The lowest BCUT2D eigenvalue weighted by Crippen LogP contribution is -2.13. The Hall–Kier alpha value is -1.16. The summed E-state index contributed by atoms with van der Waals surface area (Å²) in [5.41, 5.74) is 2.58. The fourth-order valence-electron chi connectivity index (χ4n) is 2.43. The van der Waals surface area contributed by atoms with Crippen molar-refractivity contribution in [2.24, 2.45) is 0 Å². The van der Waals surface area contributed by atoms with Crippen LogP contribution in [-0.2, 0) is 17.6 Å². The highest BCUT2D eigenvalue weighted by atomic mass is 16.5. The molecular formula is C15H25N3O. The molecule has 0 saturated heterocycles. The van der Waals surface area contributed by atoms with E-state index < -0.39 is 0 Å². The van der Waals surface area contributed by atoms with Crippen molar-refractivity contribution < 1.29 is 4.74 Å². The molecule has 1 heterocycles. The van der Waals surface area contributed by atoms with Gasteiger partial charge in [0.1, 0.15) is 12.1 Å². The maximum absolute atomic E-state index is 5.53. The Morgan fingerprint density at radius 1 is 1.21 bits per heavy atom. The SMILES string of the molecule is CC(C)OCCCCNc1ncnc2c1CCCC2. The molecule has 0 bridgehead atoms. The minimum atomic E-state index is 0.335. The predicted octanol–water partition coefficient (Wildman–Crippen LogP) is 2.97. The average molecular weight is 263 g/mol. The van der Waals surface area contributed by atoms with Crippen molar-refractivity contribution in [1.29, 1.82) is 0 Å². The van der Waals surface area contributed by atoms with Crippen LogP contribution in [0.2, 0.25) is 0 Å². The third-order valence-corrected chi connectivity index (χ3v) is 3.44. The molecule has 1 aliphatic rings. The molecule has 0 amide bonds. The number of anilines is 1. The van der Waals surface area contributed by atoms with E-state index in [-0.39, 0.29) is 0 Å². The second kappa shape index (κ2) is 7.43. The second-order valence-electron chi connectivity index (χ2n) is 5.41. The number of fused-ring (bicyclic) bond motifs is 1. The predicted molar refractivity (Wildman–Crippen MR) is 77.5 cm³/mol. The summed E-state index contributed by atoms with van der Waals surface area (Å²) in [4.78, 5) is 8.77. The molecule has 0 saturated carbocycles. The van der Waals surface area contributed by atoms with Gasteiger partial charge in [-0.2, -0.15) is 0 Å². The first kappa shape index (κ1) is 14.3. The Balaban J connectivity index is 1.74. The number of hydrogen-bond acceptors (Lipinski definition) is 4. The molecule has 0 fully saturated rings. The highest BCUT2D eigenvalue weighted by molar-refractivity contribution is 5.46. The highest BCUT2D eigenvalue weighted by Gasteiger charge is 2.14. The van der Waals surface area contributed by atoms with Crippen molar-refractivity contribution in [3.63, 3.8) is 0 Å². The van der Waals surface area contributed by atoms with Gasteiger partial charge in [0.25, 0.3) is 0 Å². The molecule has 1 aliphatic carbocycles. The van der Waals surface area contributed by atoms with Gasteiger partial charge in [0, 0.05) is 24.4 Å². The minimum Gasteiger partial charge on any atom is -0.379 e. The van der Waals surface area contributed by atoms with E-state index in [1.165, 1.54) is 24.1 Å². The van der Waals surface area contributed by atoms with Gasteiger partial charge >= 0.3 is 0 Å². The van der Waals surface area contributed by atoms with Crippen LogP contribution in [0.1, 0.15) is 50.8 Å². The van der Waals surface area contributed by atoms with Crippen molar-refractivity contribution in [1.82, 2.24) is 9.97 Å². The maximum atomic E-state index is 5.53. The molecule has 4 heteroatoms. The van der Waals surface area contributed by atoms with E-state index in [2.05, 4.69) is 29.1 Å². The van der Waals surface area contributed by atoms with E-state index in [1.807, 2.05) is 0 Å². The standard InChI is InChI=1S/C15H25N3O/c1-12(2)19-10-6-5-9-16-15-13-7-3-4-8-14(13)17-11-18-15/h11-12H,3-10H2,1-2H3,(H,16,17,18). The molecule has 0 unspecified atom stereocenters. The fourth-order valence-corrected chi connectivity index (χ4v) is 2.43. The van der Waals surface area contributed by atoms with Gasteiger partial charge < -0.3 is 10.1 Å². The molecular weight excluding hydrogens is 238 g/mol. The molecule has 0 spiro atoms. The van der Waals surface area contributed by atoms with Gasteiger partial charge in [-0.15, -0.1) is 0 Å². The van der Waals surface area contributed by atoms with Crippen LogP contribution in [0, 0.1) is 0 Å². The summed E-state index contributed by atoms with van der Waals surface area (Å²) in [6, 6.07) is 0. The Morgan fingerprint density at radius 3 is 2.89 bits per heavy atom. The summed E-state index contributed by atoms with van der Waals surface area (Å²) in [6.45, 7) is 5.96. The zero-order valence-electron chi connectivity index (χ0n) is 12.1. The van der Waals surface area contributed by atoms with Gasteiger partial charge in [0.15, 0.2) is 0 Å². The van der Waals surface area contributed by atoms with Crippen molar-refractivity contribution in [2.45, 2.75) is 58.5 Å². The lowest BCUT2D eigenvalue weighted by Gasteiger charge is -2.18. The van der Waals surface area contributed by atoms with Crippen LogP contribution in [0.4, 0.5) is 5.82 Å². The van der Waals surface area contributed by atoms with Crippen molar-refractivity contribution in [3.05, 3.63) is 17.6 Å². The van der Waals surface area contributed by atoms with E-state index in [9.17, 15) is 0 Å². The smallest absolute Gasteiger partial charge is 0.132 e. The van der Waals surface area contributed by atoms with Gasteiger partial charge in [0.2, 0.25) is 0 Å². The summed E-state index contributed by atoms with van der Waals surface area (Å²) in [7, 11) is 0. The van der Waals surface area contributed by atoms with Crippen molar-refractivity contribution >= 4 is 5.82 Å². The fraction of sp³-hybridized carbons (Fsp3) is 0.733. The molecule has 106 valence electrons. The Morgan fingerprint density at radius 2 is 2.05 bits per heavy atom. The van der Waals surface area contributed by atoms with E-state index in [0.717, 1.165) is 44.7 Å². The topological polar surface area (TPSA) is 47.0 Å². The lowest BCUT2D eigenvalue weighted by molar-refractivity contribution is 0.0765. The Bertz CT molecular complexity index is 393. The first-order chi connectivity index (χ1) is 9.27. The molecule has 0 aliphatic heterocycles. The van der Waals surface area contributed by atoms with Gasteiger partial charge in [-0.1, -0.05) is 0 Å². The number of aryl methyl sites for hydroxylation is 1. The van der Waals surface area contributed by atoms with Crippen LogP contribution in [0.5, 0.6) is 0 Å². The molecule has 2 rings (SSSR count). The van der Waals surface area contributed by atoms with Gasteiger partial charge in [0.05, 0.1) is 6.10 Å². The van der Waals surface area contributed by atoms with Crippen molar-refractivity contribution in [2.75, 3.05) is 18.5 Å². The van der Waals surface area contributed by atoms with Crippen LogP contribution < -0.4 is 5.32 Å². The zero-order valence-corrected chi connectivity index (χ0v) is 12.1. The zero-order chi connectivity index (χ0) is 13.5. The molecule has 0 radical (unpaired) electrons. The molecule has 0 aromatic carbocycles. The number of nitrogens with one attached hydrogen (secondary N) is 1. The Labute approximate surface area is 116 Å². The largest absolute Gasteiger partial charge is 0.379 e. The van der Waals surface area contributed by atoms with E-state index in [4.69, 9.17) is 4.74 Å². The summed E-state index contributed by atoms with van der Waals surface area (Å²) in [5.74, 6) is 1.05. The van der Waals surface area contributed by atoms with Gasteiger partial charge in [-0.3, -0.25) is 0 Å². The number of nitrogens with zero attached hydrogens (tertiary/aromatic N) is 2.